The fraction of sp³-hybridized carbons (Fsp3) is 0.111. The lowest BCUT2D eigenvalue weighted by atomic mass is 10.1. The van der Waals surface area contributed by atoms with Gasteiger partial charge in [0.2, 0.25) is 0 Å². The zero-order valence-corrected chi connectivity index (χ0v) is 7.36. The van der Waals surface area contributed by atoms with Gasteiger partial charge in [0.15, 0.2) is 0 Å². The number of rotatable bonds is 1. The fourth-order valence-electron chi connectivity index (χ4n) is 1.45. The van der Waals surface area contributed by atoms with Crippen molar-refractivity contribution in [1.29, 1.82) is 0 Å². The molecule has 0 aliphatic heterocycles. The highest BCUT2D eigenvalue weighted by atomic mass is 19.1. The van der Waals surface area contributed by atoms with Gasteiger partial charge >= 0.3 is 5.97 Å². The van der Waals surface area contributed by atoms with Crippen LogP contribution >= 0.6 is 0 Å². The van der Waals surface area contributed by atoms with Crippen LogP contribution in [0.25, 0.3) is 10.9 Å². The Kier molecular flexibility index (Phi) is 1.73. The molecule has 0 saturated carbocycles. The molecule has 0 amide bonds. The third-order valence-electron chi connectivity index (χ3n) is 2.07. The van der Waals surface area contributed by atoms with Crippen LogP contribution in [0.5, 0.6) is 0 Å². The maximum absolute atomic E-state index is 13.2. The van der Waals surface area contributed by atoms with Gasteiger partial charge in [0.1, 0.15) is 11.4 Å². The van der Waals surface area contributed by atoms with Crippen molar-refractivity contribution >= 4 is 16.9 Å². The van der Waals surface area contributed by atoms with Gasteiger partial charge < -0.3 is 5.11 Å². The molecule has 0 spiro atoms. The first-order valence-electron chi connectivity index (χ1n) is 3.95. The van der Waals surface area contributed by atoms with Crippen molar-refractivity contribution in [3.05, 3.63) is 29.7 Å². The summed E-state index contributed by atoms with van der Waals surface area (Å²) in [7, 11) is 1.58. The second-order valence-electron chi connectivity index (χ2n) is 2.93. The van der Waals surface area contributed by atoms with E-state index in [0.29, 0.717) is 10.9 Å². The van der Waals surface area contributed by atoms with Crippen molar-refractivity contribution in [2.45, 2.75) is 0 Å². The minimum Gasteiger partial charge on any atom is -0.478 e. The SMILES string of the molecule is Cn1ncc2ccc(F)c(C(=O)O)c21. The normalized spacial score (nSPS) is 10.7. The van der Waals surface area contributed by atoms with Crippen LogP contribution in [0.15, 0.2) is 18.3 Å². The Hall–Kier alpha value is -1.91. The van der Waals surface area contributed by atoms with Gasteiger partial charge in [-0.2, -0.15) is 5.10 Å². The number of aromatic nitrogens is 2. The number of carboxylic acid groups (broad SMARTS) is 1. The molecule has 5 heteroatoms. The molecule has 2 aromatic rings. The lowest BCUT2D eigenvalue weighted by molar-refractivity contribution is 0.0693. The zero-order chi connectivity index (χ0) is 10.3. The number of hydrogen-bond donors (Lipinski definition) is 1. The van der Waals surface area contributed by atoms with Crippen molar-refractivity contribution in [1.82, 2.24) is 9.78 Å². The molecule has 0 bridgehead atoms. The number of aromatic carboxylic acids is 1. The third-order valence-corrected chi connectivity index (χ3v) is 2.07. The summed E-state index contributed by atoms with van der Waals surface area (Å²) in [5, 5.41) is 13.3. The third kappa shape index (κ3) is 1.06. The lowest BCUT2D eigenvalue weighted by Gasteiger charge is -2.01. The molecular formula is C9H7FN2O2. The number of carboxylic acids is 1. The van der Waals surface area contributed by atoms with Crippen LogP contribution < -0.4 is 0 Å². The van der Waals surface area contributed by atoms with Gasteiger partial charge in [-0.3, -0.25) is 4.68 Å². The van der Waals surface area contributed by atoms with Gasteiger partial charge in [0, 0.05) is 12.4 Å². The first-order chi connectivity index (χ1) is 6.61. The largest absolute Gasteiger partial charge is 0.478 e. The van der Waals surface area contributed by atoms with E-state index in [0.717, 1.165) is 6.07 Å². The van der Waals surface area contributed by atoms with E-state index < -0.39 is 11.8 Å². The van der Waals surface area contributed by atoms with Crippen LogP contribution in [-0.4, -0.2) is 20.9 Å². The quantitative estimate of drug-likeness (QED) is 0.746. The summed E-state index contributed by atoms with van der Waals surface area (Å²) < 4.78 is 14.6. The van der Waals surface area contributed by atoms with Crippen molar-refractivity contribution in [2.75, 3.05) is 0 Å². The summed E-state index contributed by atoms with van der Waals surface area (Å²) in [5.74, 6) is -2.02. The number of benzene rings is 1. The van der Waals surface area contributed by atoms with Gasteiger partial charge in [-0.15, -0.1) is 0 Å². The van der Waals surface area contributed by atoms with E-state index in [9.17, 15) is 9.18 Å². The molecule has 14 heavy (non-hydrogen) atoms. The van der Waals surface area contributed by atoms with Gasteiger partial charge in [-0.25, -0.2) is 9.18 Å². The molecule has 1 heterocycles. The molecule has 0 unspecified atom stereocenters. The summed E-state index contributed by atoms with van der Waals surface area (Å²) >= 11 is 0. The standard InChI is InChI=1S/C9H7FN2O2/c1-12-8-5(4-11-12)2-3-6(10)7(8)9(13)14/h2-4H,1H3,(H,13,14). The maximum atomic E-state index is 13.2. The lowest BCUT2D eigenvalue weighted by Crippen LogP contribution is -2.04. The first-order valence-corrected chi connectivity index (χ1v) is 3.95. The highest BCUT2D eigenvalue weighted by Gasteiger charge is 2.17. The van der Waals surface area contributed by atoms with Crippen LogP contribution in [-0.2, 0) is 7.05 Å². The smallest absolute Gasteiger partial charge is 0.340 e. The van der Waals surface area contributed by atoms with Gasteiger partial charge in [-0.05, 0) is 12.1 Å². The van der Waals surface area contributed by atoms with Gasteiger partial charge in [-0.1, -0.05) is 0 Å². The molecule has 1 aromatic carbocycles. The molecule has 0 fully saturated rings. The Morgan fingerprint density at radius 3 is 2.93 bits per heavy atom. The van der Waals surface area contributed by atoms with Crippen LogP contribution in [0, 0.1) is 5.82 Å². The van der Waals surface area contributed by atoms with E-state index in [1.54, 1.807) is 7.05 Å². The number of halogens is 1. The summed E-state index contributed by atoms with van der Waals surface area (Å²) in [4.78, 5) is 10.8. The minimum absolute atomic E-state index is 0.303. The Labute approximate surface area is 78.6 Å². The van der Waals surface area contributed by atoms with Crippen LogP contribution in [0.3, 0.4) is 0 Å². The van der Waals surface area contributed by atoms with E-state index in [1.165, 1.54) is 16.9 Å². The molecule has 1 N–H and O–H groups in total. The molecule has 1 aromatic heterocycles. The monoisotopic (exact) mass is 194 g/mol. The van der Waals surface area contributed by atoms with Crippen LogP contribution in [0.1, 0.15) is 10.4 Å². The summed E-state index contributed by atoms with van der Waals surface area (Å²) in [5.41, 5.74) is -0.0278. The Morgan fingerprint density at radius 1 is 1.57 bits per heavy atom. The second-order valence-corrected chi connectivity index (χ2v) is 2.93. The van der Waals surface area contributed by atoms with Gasteiger partial charge in [0.25, 0.3) is 0 Å². The van der Waals surface area contributed by atoms with E-state index in [1.807, 2.05) is 0 Å². The number of aryl methyl sites for hydroxylation is 1. The molecule has 0 saturated heterocycles. The topological polar surface area (TPSA) is 55.1 Å². The predicted molar refractivity (Wildman–Crippen MR) is 47.6 cm³/mol. The average Bonchev–Trinajstić information content (AvgIpc) is 2.47. The van der Waals surface area contributed by atoms with Crippen molar-refractivity contribution in [3.8, 4) is 0 Å². The molecule has 72 valence electrons. The van der Waals surface area contributed by atoms with Crippen molar-refractivity contribution in [2.24, 2.45) is 7.05 Å². The molecule has 4 nitrogen and oxygen atoms in total. The van der Waals surface area contributed by atoms with E-state index in [-0.39, 0.29) is 5.56 Å². The maximum Gasteiger partial charge on any atom is 0.340 e. The first kappa shape index (κ1) is 8.68. The molecular weight excluding hydrogens is 187 g/mol. The summed E-state index contributed by atoms with van der Waals surface area (Å²) in [6.45, 7) is 0. The molecule has 0 radical (unpaired) electrons. The molecule has 0 atom stereocenters. The van der Waals surface area contributed by atoms with Crippen molar-refractivity contribution < 1.29 is 14.3 Å². The van der Waals surface area contributed by atoms with E-state index in [4.69, 9.17) is 5.11 Å². The molecule has 2 rings (SSSR count). The number of carbonyl (C=O) groups is 1. The van der Waals surface area contributed by atoms with E-state index in [2.05, 4.69) is 5.10 Å². The average molecular weight is 194 g/mol. The van der Waals surface area contributed by atoms with E-state index >= 15 is 0 Å². The number of hydrogen-bond acceptors (Lipinski definition) is 2. The summed E-state index contributed by atoms with van der Waals surface area (Å²) in [6, 6.07) is 2.64. The Balaban J connectivity index is 2.94. The second kappa shape index (κ2) is 2.80. The van der Waals surface area contributed by atoms with Gasteiger partial charge in [0.05, 0.1) is 11.7 Å². The minimum atomic E-state index is -1.28. The molecule has 0 aliphatic rings. The Morgan fingerprint density at radius 2 is 2.29 bits per heavy atom. The molecule has 0 aliphatic carbocycles. The summed E-state index contributed by atoms with van der Waals surface area (Å²) in [6.07, 6.45) is 1.50. The highest BCUT2D eigenvalue weighted by molar-refractivity contribution is 6.02. The highest BCUT2D eigenvalue weighted by Crippen LogP contribution is 2.20. The van der Waals surface area contributed by atoms with Crippen LogP contribution in [0.4, 0.5) is 4.39 Å². The predicted octanol–water partition coefficient (Wildman–Crippen LogP) is 1.41. The fourth-order valence-corrected chi connectivity index (χ4v) is 1.45. The Bertz CT molecular complexity index is 519. The van der Waals surface area contributed by atoms with Crippen LogP contribution in [0.2, 0.25) is 0 Å². The number of fused-ring (bicyclic) bond motifs is 1. The number of nitrogens with zero attached hydrogens (tertiary/aromatic N) is 2. The zero-order valence-electron chi connectivity index (χ0n) is 7.36. The van der Waals surface area contributed by atoms with Crippen molar-refractivity contribution in [3.63, 3.8) is 0 Å².